The van der Waals surface area contributed by atoms with Crippen LogP contribution in [0.25, 0.3) is 0 Å². The molecule has 0 bridgehead atoms. The molecule has 1 N–H and O–H groups in total. The van der Waals surface area contributed by atoms with Crippen molar-refractivity contribution in [3.05, 3.63) is 36.6 Å². The molecule has 0 aromatic carbocycles. The second-order valence-electron chi connectivity index (χ2n) is 3.42. The first-order valence-corrected chi connectivity index (χ1v) is 4.88. The van der Waals surface area contributed by atoms with Crippen molar-refractivity contribution in [2.75, 3.05) is 6.61 Å². The van der Waals surface area contributed by atoms with Crippen LogP contribution in [-0.4, -0.2) is 17.8 Å². The Hall–Kier alpha value is -1.02. The van der Waals surface area contributed by atoms with Gasteiger partial charge in [-0.25, -0.2) is 0 Å². The van der Waals surface area contributed by atoms with Crippen LogP contribution in [0.5, 0.6) is 0 Å². The lowest BCUT2D eigenvalue weighted by Crippen LogP contribution is -2.21. The van der Waals surface area contributed by atoms with Crippen LogP contribution >= 0.6 is 0 Å². The molecular weight excluding hydrogens is 176 g/mol. The van der Waals surface area contributed by atoms with Gasteiger partial charge in [0.1, 0.15) is 12.4 Å². The van der Waals surface area contributed by atoms with E-state index in [2.05, 4.69) is 6.58 Å². The average molecular weight is 196 g/mol. The van der Waals surface area contributed by atoms with Gasteiger partial charge in [0, 0.05) is 0 Å². The van der Waals surface area contributed by atoms with Gasteiger partial charge in [0.2, 0.25) is 0 Å². The molecule has 2 heteroatoms. The maximum atomic E-state index is 9.49. The van der Waals surface area contributed by atoms with Crippen molar-refractivity contribution < 1.29 is 9.84 Å². The van der Waals surface area contributed by atoms with Gasteiger partial charge in [-0.3, -0.25) is 0 Å². The maximum Gasteiger partial charge on any atom is 0.118 e. The molecule has 0 heterocycles. The van der Waals surface area contributed by atoms with Crippen molar-refractivity contribution in [2.24, 2.45) is 5.92 Å². The van der Waals surface area contributed by atoms with Crippen molar-refractivity contribution in [3.8, 4) is 0 Å². The number of ether oxygens (including phenoxy) is 1. The lowest BCUT2D eigenvalue weighted by molar-refractivity contribution is 0.0446. The normalized spacial score (nSPS) is 14.8. The Bertz CT molecular complexity index is 214. The van der Waals surface area contributed by atoms with Crippen molar-refractivity contribution in [2.45, 2.75) is 26.9 Å². The summed E-state index contributed by atoms with van der Waals surface area (Å²) in [4.78, 5) is 0. The zero-order valence-electron chi connectivity index (χ0n) is 9.23. The molecule has 1 atom stereocenters. The van der Waals surface area contributed by atoms with Crippen LogP contribution in [0.3, 0.4) is 0 Å². The third-order valence-corrected chi connectivity index (χ3v) is 1.84. The van der Waals surface area contributed by atoms with Crippen LogP contribution in [0.4, 0.5) is 0 Å². The molecule has 0 saturated heterocycles. The number of aliphatic hydroxyl groups is 1. The third kappa shape index (κ3) is 5.60. The van der Waals surface area contributed by atoms with Gasteiger partial charge in [0.05, 0.1) is 6.10 Å². The van der Waals surface area contributed by atoms with Crippen LogP contribution in [0.1, 0.15) is 20.8 Å². The minimum Gasteiger partial charge on any atom is -0.491 e. The average Bonchev–Trinajstić information content (AvgIpc) is 2.17. The molecule has 0 aromatic rings. The highest BCUT2D eigenvalue weighted by Gasteiger charge is 2.09. The highest BCUT2D eigenvalue weighted by atomic mass is 16.5. The Morgan fingerprint density at radius 2 is 2.14 bits per heavy atom. The molecule has 0 aliphatic rings. The Morgan fingerprint density at radius 3 is 2.57 bits per heavy atom. The first-order valence-electron chi connectivity index (χ1n) is 4.88. The summed E-state index contributed by atoms with van der Waals surface area (Å²) < 4.78 is 5.36. The van der Waals surface area contributed by atoms with Gasteiger partial charge in [0.15, 0.2) is 0 Å². The van der Waals surface area contributed by atoms with Crippen molar-refractivity contribution in [1.82, 2.24) is 0 Å². The highest BCUT2D eigenvalue weighted by molar-refractivity contribution is 5.15. The van der Waals surface area contributed by atoms with Gasteiger partial charge in [0.25, 0.3) is 0 Å². The molecule has 0 rings (SSSR count). The Labute approximate surface area is 86.6 Å². The molecule has 1 unspecified atom stereocenters. The summed E-state index contributed by atoms with van der Waals surface area (Å²) in [6.07, 6.45) is 6.81. The van der Waals surface area contributed by atoms with E-state index in [1.165, 1.54) is 0 Å². The number of hydrogen-bond acceptors (Lipinski definition) is 2. The maximum absolute atomic E-state index is 9.49. The van der Waals surface area contributed by atoms with Gasteiger partial charge in [-0.15, -0.1) is 0 Å². The molecule has 0 radical (unpaired) electrons. The van der Waals surface area contributed by atoms with Crippen LogP contribution in [0.15, 0.2) is 36.6 Å². The molecule has 0 saturated carbocycles. The topological polar surface area (TPSA) is 29.5 Å². The van der Waals surface area contributed by atoms with Gasteiger partial charge in [-0.05, 0) is 25.0 Å². The fourth-order valence-electron chi connectivity index (χ4n) is 0.740. The summed E-state index contributed by atoms with van der Waals surface area (Å²) in [7, 11) is 0. The monoisotopic (exact) mass is 196 g/mol. The van der Waals surface area contributed by atoms with Crippen molar-refractivity contribution in [1.29, 1.82) is 0 Å². The van der Waals surface area contributed by atoms with E-state index < -0.39 is 6.10 Å². The van der Waals surface area contributed by atoms with Gasteiger partial charge in [-0.1, -0.05) is 32.6 Å². The highest BCUT2D eigenvalue weighted by Crippen LogP contribution is 2.06. The molecular formula is C12H20O2. The van der Waals surface area contributed by atoms with E-state index in [0.717, 1.165) is 0 Å². The predicted octanol–water partition coefficient (Wildman–Crippen LogP) is 2.67. The minimum atomic E-state index is -0.427. The van der Waals surface area contributed by atoms with Crippen molar-refractivity contribution >= 4 is 0 Å². The fourth-order valence-corrected chi connectivity index (χ4v) is 0.740. The Kier molecular flexibility index (Phi) is 6.85. The molecule has 0 fully saturated rings. The summed E-state index contributed by atoms with van der Waals surface area (Å²) in [6, 6.07) is 0. The van der Waals surface area contributed by atoms with Gasteiger partial charge in [-0.2, -0.15) is 0 Å². The number of allylic oxidation sites excluding steroid dienone is 4. The third-order valence-electron chi connectivity index (χ3n) is 1.84. The van der Waals surface area contributed by atoms with E-state index in [0.29, 0.717) is 12.4 Å². The standard InChI is InChI=1S/C12H20O2/c1-5-7-8-11(6-2)14-9-12(13)10(3)4/h5-8,10,12-13H,2,9H2,1,3-4H3/b7-5-,11-8+. The SMILES string of the molecule is C=C/C(=C\C=C/C)OCC(O)C(C)C. The molecule has 0 aliphatic carbocycles. The van der Waals surface area contributed by atoms with Gasteiger partial charge >= 0.3 is 0 Å². The summed E-state index contributed by atoms with van der Waals surface area (Å²) in [5.74, 6) is 0.894. The lowest BCUT2D eigenvalue weighted by Gasteiger charge is -2.15. The summed E-state index contributed by atoms with van der Waals surface area (Å²) in [5.41, 5.74) is 0. The second-order valence-corrected chi connectivity index (χ2v) is 3.42. The lowest BCUT2D eigenvalue weighted by atomic mass is 10.1. The van der Waals surface area contributed by atoms with E-state index >= 15 is 0 Å². The van der Waals surface area contributed by atoms with E-state index in [1.807, 2.05) is 39.0 Å². The number of hydrogen-bond donors (Lipinski definition) is 1. The zero-order chi connectivity index (χ0) is 11.0. The van der Waals surface area contributed by atoms with E-state index in [4.69, 9.17) is 4.74 Å². The second kappa shape index (κ2) is 7.39. The molecule has 2 nitrogen and oxygen atoms in total. The molecule has 0 spiro atoms. The first kappa shape index (κ1) is 13.0. The Morgan fingerprint density at radius 1 is 1.50 bits per heavy atom. The minimum absolute atomic E-state index is 0.211. The molecule has 80 valence electrons. The zero-order valence-corrected chi connectivity index (χ0v) is 9.23. The van der Waals surface area contributed by atoms with E-state index in [9.17, 15) is 5.11 Å². The summed E-state index contributed by atoms with van der Waals surface area (Å²) >= 11 is 0. The smallest absolute Gasteiger partial charge is 0.118 e. The fraction of sp³-hybridized carbons (Fsp3) is 0.500. The molecule has 14 heavy (non-hydrogen) atoms. The molecule has 0 aromatic heterocycles. The molecule has 0 amide bonds. The largest absolute Gasteiger partial charge is 0.491 e. The Balaban J connectivity index is 4.02. The summed E-state index contributed by atoms with van der Waals surface area (Å²) in [5, 5.41) is 9.49. The van der Waals surface area contributed by atoms with Crippen LogP contribution in [-0.2, 0) is 4.74 Å². The summed E-state index contributed by atoms with van der Waals surface area (Å²) in [6.45, 7) is 9.78. The van der Waals surface area contributed by atoms with E-state index in [-0.39, 0.29) is 5.92 Å². The number of aliphatic hydroxyl groups excluding tert-OH is 1. The van der Waals surface area contributed by atoms with Crippen LogP contribution < -0.4 is 0 Å². The quantitative estimate of drug-likeness (QED) is 0.523. The van der Waals surface area contributed by atoms with E-state index in [1.54, 1.807) is 6.08 Å². The van der Waals surface area contributed by atoms with Crippen LogP contribution in [0.2, 0.25) is 0 Å². The number of rotatable bonds is 6. The molecule has 0 aliphatic heterocycles. The first-order chi connectivity index (χ1) is 6.61. The van der Waals surface area contributed by atoms with Gasteiger partial charge < -0.3 is 9.84 Å². The van der Waals surface area contributed by atoms with Crippen LogP contribution in [0, 0.1) is 5.92 Å². The van der Waals surface area contributed by atoms with Crippen molar-refractivity contribution in [3.63, 3.8) is 0 Å². The predicted molar refractivity (Wildman–Crippen MR) is 59.9 cm³/mol.